The summed E-state index contributed by atoms with van der Waals surface area (Å²) in [6.07, 6.45) is 2.10. The number of para-hydroxylation sites is 1. The largest absolute Gasteiger partial charge is 0.497 e. The van der Waals surface area contributed by atoms with Crippen LogP contribution in [0, 0.1) is 0 Å². The molecule has 9 nitrogen and oxygen atoms in total. The fourth-order valence-electron chi connectivity index (χ4n) is 3.75. The summed E-state index contributed by atoms with van der Waals surface area (Å²) < 4.78 is 17.4. The van der Waals surface area contributed by atoms with E-state index in [0.717, 1.165) is 18.2 Å². The molecule has 1 aliphatic rings. The highest BCUT2D eigenvalue weighted by atomic mass is 16.5. The molecule has 33 heavy (non-hydrogen) atoms. The van der Waals surface area contributed by atoms with Gasteiger partial charge in [0.05, 0.1) is 25.3 Å². The Morgan fingerprint density at radius 2 is 1.85 bits per heavy atom. The van der Waals surface area contributed by atoms with Crippen molar-refractivity contribution in [3.63, 3.8) is 0 Å². The molecule has 0 bridgehead atoms. The van der Waals surface area contributed by atoms with Crippen LogP contribution in [0.2, 0.25) is 0 Å². The molecule has 1 aliphatic carbocycles. The Balaban J connectivity index is 1.47. The minimum atomic E-state index is -0.362. The molecule has 9 heteroatoms. The molecule has 2 heterocycles. The molecular weight excluding hydrogens is 424 g/mol. The number of carbonyl (C=O) groups is 1. The number of anilines is 1. The third kappa shape index (κ3) is 4.17. The van der Waals surface area contributed by atoms with Gasteiger partial charge in [0.25, 0.3) is 11.4 Å². The molecule has 1 saturated carbocycles. The zero-order valence-electron chi connectivity index (χ0n) is 18.2. The minimum absolute atomic E-state index is 0.170. The van der Waals surface area contributed by atoms with Gasteiger partial charge in [-0.05, 0) is 18.9 Å². The first-order valence-corrected chi connectivity index (χ1v) is 10.5. The Bertz CT molecular complexity index is 1380. The number of hydrogen-bond acceptors (Lipinski definition) is 7. The summed E-state index contributed by atoms with van der Waals surface area (Å²) in [4.78, 5) is 30.3. The lowest BCUT2D eigenvalue weighted by Crippen LogP contribution is -2.27. The Morgan fingerprint density at radius 1 is 1.12 bits per heavy atom. The van der Waals surface area contributed by atoms with Crippen LogP contribution in [0.4, 0.5) is 5.69 Å². The van der Waals surface area contributed by atoms with Gasteiger partial charge in [0.1, 0.15) is 18.0 Å². The Morgan fingerprint density at radius 3 is 2.55 bits per heavy atom. The van der Waals surface area contributed by atoms with Crippen molar-refractivity contribution in [3.05, 3.63) is 64.7 Å². The van der Waals surface area contributed by atoms with Crippen LogP contribution in [0.1, 0.15) is 24.6 Å². The molecule has 0 unspecified atom stereocenters. The molecule has 0 aliphatic heterocycles. The van der Waals surface area contributed by atoms with Gasteiger partial charge < -0.3 is 19.3 Å². The Labute approximate surface area is 188 Å². The highest BCUT2D eigenvalue weighted by Gasteiger charge is 2.29. The van der Waals surface area contributed by atoms with E-state index in [1.54, 1.807) is 24.3 Å². The SMILES string of the molecule is COc1cc(NC(=O)Cn2c(=O)cc(-c3nc(C4CC4)no3)c3ccccc32)cc(OC)c1. The van der Waals surface area contributed by atoms with Gasteiger partial charge in [-0.15, -0.1) is 0 Å². The summed E-state index contributed by atoms with van der Waals surface area (Å²) in [7, 11) is 3.06. The third-order valence-electron chi connectivity index (χ3n) is 5.57. The van der Waals surface area contributed by atoms with Crippen LogP contribution < -0.4 is 20.3 Å². The third-order valence-corrected chi connectivity index (χ3v) is 5.57. The number of rotatable bonds is 7. The molecule has 1 amide bonds. The first-order chi connectivity index (χ1) is 16.1. The van der Waals surface area contributed by atoms with E-state index in [0.29, 0.717) is 45.9 Å². The maximum Gasteiger partial charge on any atom is 0.258 e. The number of methoxy groups -OCH3 is 2. The van der Waals surface area contributed by atoms with Gasteiger partial charge >= 0.3 is 0 Å². The van der Waals surface area contributed by atoms with Crippen molar-refractivity contribution >= 4 is 22.5 Å². The van der Waals surface area contributed by atoms with E-state index in [2.05, 4.69) is 15.5 Å². The highest BCUT2D eigenvalue weighted by Crippen LogP contribution is 2.39. The summed E-state index contributed by atoms with van der Waals surface area (Å²) >= 11 is 0. The van der Waals surface area contributed by atoms with Crippen molar-refractivity contribution in [1.29, 1.82) is 0 Å². The van der Waals surface area contributed by atoms with E-state index in [1.165, 1.54) is 24.9 Å². The number of aromatic nitrogens is 3. The second kappa shape index (κ2) is 8.42. The predicted molar refractivity (Wildman–Crippen MR) is 122 cm³/mol. The molecule has 0 radical (unpaired) electrons. The molecule has 5 rings (SSSR count). The fraction of sp³-hybridized carbons (Fsp3) is 0.250. The standard InChI is InChI=1S/C24H22N4O5/c1-31-16-9-15(10-17(11-16)32-2)25-21(29)13-28-20-6-4-3-5-18(20)19(12-22(28)30)24-26-23(27-33-24)14-7-8-14/h3-6,9-12,14H,7-8,13H2,1-2H3,(H,25,29). The summed E-state index contributed by atoms with van der Waals surface area (Å²) in [6.45, 7) is -0.170. The average Bonchev–Trinajstić information content (AvgIpc) is 3.57. The zero-order chi connectivity index (χ0) is 22.9. The molecule has 2 aromatic heterocycles. The van der Waals surface area contributed by atoms with E-state index in [-0.39, 0.29) is 18.0 Å². The number of pyridine rings is 1. The van der Waals surface area contributed by atoms with Crippen LogP contribution in [0.15, 0.2) is 57.8 Å². The molecule has 1 fully saturated rings. The molecule has 4 aromatic rings. The number of nitrogens with zero attached hydrogens (tertiary/aromatic N) is 3. The summed E-state index contributed by atoms with van der Waals surface area (Å²) in [6, 6.07) is 13.8. The average molecular weight is 446 g/mol. The van der Waals surface area contributed by atoms with Crippen LogP contribution in [-0.4, -0.2) is 34.8 Å². The topological polar surface area (TPSA) is 108 Å². The molecule has 0 spiro atoms. The van der Waals surface area contributed by atoms with E-state index < -0.39 is 0 Å². The second-order valence-electron chi connectivity index (χ2n) is 7.88. The van der Waals surface area contributed by atoms with Crippen LogP contribution in [0.25, 0.3) is 22.4 Å². The Hall–Kier alpha value is -4.14. The normalized spacial score (nSPS) is 13.2. The molecule has 168 valence electrons. The number of benzene rings is 2. The lowest BCUT2D eigenvalue weighted by Gasteiger charge is -2.13. The van der Waals surface area contributed by atoms with Crippen molar-refractivity contribution in [3.8, 4) is 23.0 Å². The fourth-order valence-corrected chi connectivity index (χ4v) is 3.75. The first kappa shape index (κ1) is 20.7. The van der Waals surface area contributed by atoms with Crippen molar-refractivity contribution in [2.75, 3.05) is 19.5 Å². The molecule has 1 N–H and O–H groups in total. The monoisotopic (exact) mass is 446 g/mol. The van der Waals surface area contributed by atoms with E-state index in [1.807, 2.05) is 18.2 Å². The van der Waals surface area contributed by atoms with Crippen molar-refractivity contribution in [2.24, 2.45) is 0 Å². The highest BCUT2D eigenvalue weighted by molar-refractivity contribution is 5.95. The molecule has 0 saturated heterocycles. The number of ether oxygens (including phenoxy) is 2. The zero-order valence-corrected chi connectivity index (χ0v) is 18.2. The van der Waals surface area contributed by atoms with Crippen LogP contribution in [-0.2, 0) is 11.3 Å². The summed E-state index contributed by atoms with van der Waals surface area (Å²) in [5.41, 5.74) is 1.32. The lowest BCUT2D eigenvalue weighted by molar-refractivity contribution is -0.116. The van der Waals surface area contributed by atoms with Gasteiger partial charge in [0.15, 0.2) is 5.82 Å². The quantitative estimate of drug-likeness (QED) is 0.462. The second-order valence-corrected chi connectivity index (χ2v) is 7.88. The number of nitrogens with one attached hydrogen (secondary N) is 1. The van der Waals surface area contributed by atoms with Crippen molar-refractivity contribution in [1.82, 2.24) is 14.7 Å². The van der Waals surface area contributed by atoms with E-state index >= 15 is 0 Å². The van der Waals surface area contributed by atoms with E-state index in [4.69, 9.17) is 14.0 Å². The number of amides is 1. The van der Waals surface area contributed by atoms with Crippen molar-refractivity contribution in [2.45, 2.75) is 25.3 Å². The molecule has 2 aromatic carbocycles. The number of fused-ring (bicyclic) bond motifs is 1. The van der Waals surface area contributed by atoms with Crippen LogP contribution in [0.5, 0.6) is 11.5 Å². The van der Waals surface area contributed by atoms with Crippen molar-refractivity contribution < 1.29 is 18.8 Å². The minimum Gasteiger partial charge on any atom is -0.497 e. The maximum atomic E-state index is 13.0. The van der Waals surface area contributed by atoms with Gasteiger partial charge in [-0.2, -0.15) is 4.98 Å². The van der Waals surface area contributed by atoms with Gasteiger partial charge in [-0.3, -0.25) is 14.2 Å². The lowest BCUT2D eigenvalue weighted by atomic mass is 10.1. The summed E-state index contributed by atoms with van der Waals surface area (Å²) in [5.74, 6) is 2.05. The van der Waals surface area contributed by atoms with Gasteiger partial charge in [-0.1, -0.05) is 23.4 Å². The molecule has 0 atom stereocenters. The van der Waals surface area contributed by atoms with E-state index in [9.17, 15) is 9.59 Å². The first-order valence-electron chi connectivity index (χ1n) is 10.5. The summed E-state index contributed by atoms with van der Waals surface area (Å²) in [5, 5.41) is 7.61. The predicted octanol–water partition coefficient (Wildman–Crippen LogP) is 3.58. The van der Waals surface area contributed by atoms with Crippen LogP contribution in [0.3, 0.4) is 0 Å². The number of hydrogen-bond donors (Lipinski definition) is 1. The molecular formula is C24H22N4O5. The van der Waals surface area contributed by atoms with Gasteiger partial charge in [0.2, 0.25) is 5.91 Å². The number of carbonyl (C=O) groups excluding carboxylic acids is 1. The maximum absolute atomic E-state index is 13.0. The smallest absolute Gasteiger partial charge is 0.258 e. The van der Waals surface area contributed by atoms with Gasteiger partial charge in [-0.25, -0.2) is 0 Å². The Kier molecular flexibility index (Phi) is 5.29. The van der Waals surface area contributed by atoms with Gasteiger partial charge in [0, 0.05) is 41.3 Å². The van der Waals surface area contributed by atoms with Crippen LogP contribution >= 0.6 is 0 Å².